The molecule has 0 saturated heterocycles. The van der Waals surface area contributed by atoms with Crippen LogP contribution in [0.3, 0.4) is 0 Å². The molecule has 1 amide bonds. The van der Waals surface area contributed by atoms with Crippen molar-refractivity contribution in [2.24, 2.45) is 0 Å². The minimum absolute atomic E-state index is 0.0594. The molecule has 0 aliphatic carbocycles. The Bertz CT molecular complexity index is 318. The fourth-order valence-corrected chi connectivity index (χ4v) is 1.91. The lowest BCUT2D eigenvalue weighted by Crippen LogP contribution is -2.31. The highest BCUT2D eigenvalue weighted by molar-refractivity contribution is 8.00. The van der Waals surface area contributed by atoms with Gasteiger partial charge in [0, 0.05) is 18.9 Å². The molecule has 1 rings (SSSR count). The van der Waals surface area contributed by atoms with Crippen LogP contribution >= 0.6 is 11.8 Å². The molecule has 0 aliphatic rings. The molecule has 0 fully saturated rings. The highest BCUT2D eigenvalue weighted by Gasteiger charge is 2.14. The number of hydrogen-bond donors (Lipinski definition) is 1. The third kappa shape index (κ3) is 4.61. The van der Waals surface area contributed by atoms with Gasteiger partial charge in [0.2, 0.25) is 5.91 Å². The second-order valence-electron chi connectivity index (χ2n) is 3.45. The standard InChI is InChI=1S/C11H17N3OS/c1-3-4-5-14-11(15)9(2)16-10-8-12-6-7-13-10/h6-9H,3-5H2,1-2H3,(H,14,15)/t9-/m0/s1. The van der Waals surface area contributed by atoms with Crippen LogP contribution in [-0.2, 0) is 4.79 Å². The van der Waals surface area contributed by atoms with Gasteiger partial charge in [0.1, 0.15) is 5.03 Å². The molecule has 0 saturated carbocycles. The first-order valence-corrected chi connectivity index (χ1v) is 6.32. The van der Waals surface area contributed by atoms with Crippen molar-refractivity contribution in [2.75, 3.05) is 6.54 Å². The zero-order valence-corrected chi connectivity index (χ0v) is 10.5. The molecule has 88 valence electrons. The van der Waals surface area contributed by atoms with E-state index >= 15 is 0 Å². The molecule has 0 radical (unpaired) electrons. The van der Waals surface area contributed by atoms with Gasteiger partial charge in [0.15, 0.2) is 0 Å². The van der Waals surface area contributed by atoms with E-state index in [-0.39, 0.29) is 11.2 Å². The Morgan fingerprint density at radius 1 is 1.56 bits per heavy atom. The van der Waals surface area contributed by atoms with Crippen molar-refractivity contribution in [2.45, 2.75) is 37.0 Å². The Hall–Kier alpha value is -1.10. The molecule has 1 aromatic heterocycles. The minimum atomic E-state index is -0.131. The molecule has 1 atom stereocenters. The topological polar surface area (TPSA) is 54.9 Å². The lowest BCUT2D eigenvalue weighted by atomic mass is 10.3. The van der Waals surface area contributed by atoms with Crippen molar-refractivity contribution >= 4 is 17.7 Å². The maximum absolute atomic E-state index is 11.6. The number of hydrogen-bond acceptors (Lipinski definition) is 4. The van der Waals surface area contributed by atoms with Gasteiger partial charge in [0.25, 0.3) is 0 Å². The van der Waals surface area contributed by atoms with E-state index in [1.54, 1.807) is 18.6 Å². The summed E-state index contributed by atoms with van der Waals surface area (Å²) in [4.78, 5) is 19.7. The van der Waals surface area contributed by atoms with Crippen molar-refractivity contribution in [1.29, 1.82) is 0 Å². The summed E-state index contributed by atoms with van der Waals surface area (Å²) in [5, 5.41) is 3.54. The van der Waals surface area contributed by atoms with Crippen LogP contribution in [-0.4, -0.2) is 27.7 Å². The van der Waals surface area contributed by atoms with E-state index in [4.69, 9.17) is 0 Å². The molecule has 0 spiro atoms. The normalized spacial score (nSPS) is 12.1. The minimum Gasteiger partial charge on any atom is -0.355 e. The third-order valence-corrected chi connectivity index (χ3v) is 3.06. The van der Waals surface area contributed by atoms with Crippen LogP contribution in [0.2, 0.25) is 0 Å². The molecule has 0 unspecified atom stereocenters. The summed E-state index contributed by atoms with van der Waals surface area (Å²) in [5.41, 5.74) is 0. The van der Waals surface area contributed by atoms with Gasteiger partial charge >= 0.3 is 0 Å². The summed E-state index contributed by atoms with van der Waals surface area (Å²) >= 11 is 1.42. The molecule has 16 heavy (non-hydrogen) atoms. The highest BCUT2D eigenvalue weighted by atomic mass is 32.2. The molecule has 0 bridgehead atoms. The number of unbranched alkanes of at least 4 members (excludes halogenated alkanes) is 1. The van der Waals surface area contributed by atoms with Gasteiger partial charge in [-0.3, -0.25) is 9.78 Å². The number of nitrogens with one attached hydrogen (secondary N) is 1. The summed E-state index contributed by atoms with van der Waals surface area (Å²) in [6.07, 6.45) is 7.03. The van der Waals surface area contributed by atoms with Crippen LogP contribution in [0.15, 0.2) is 23.6 Å². The van der Waals surface area contributed by atoms with Crippen LogP contribution in [0.4, 0.5) is 0 Å². The molecule has 1 aromatic rings. The van der Waals surface area contributed by atoms with Gasteiger partial charge in [-0.15, -0.1) is 0 Å². The van der Waals surface area contributed by atoms with Crippen molar-refractivity contribution < 1.29 is 4.79 Å². The van der Waals surface area contributed by atoms with Gasteiger partial charge in [-0.2, -0.15) is 0 Å². The average molecular weight is 239 g/mol. The Labute approximate surface area is 100 Å². The smallest absolute Gasteiger partial charge is 0.233 e. The van der Waals surface area contributed by atoms with Gasteiger partial charge in [0.05, 0.1) is 11.4 Å². The maximum Gasteiger partial charge on any atom is 0.233 e. The molecule has 5 heteroatoms. The fraction of sp³-hybridized carbons (Fsp3) is 0.545. The average Bonchev–Trinajstić information content (AvgIpc) is 2.30. The summed E-state index contributed by atoms with van der Waals surface area (Å²) in [5.74, 6) is 0.0594. The van der Waals surface area contributed by atoms with Crippen molar-refractivity contribution in [1.82, 2.24) is 15.3 Å². The predicted molar refractivity (Wildman–Crippen MR) is 65.3 cm³/mol. The zero-order valence-electron chi connectivity index (χ0n) is 9.64. The first kappa shape index (κ1) is 13.0. The quantitative estimate of drug-likeness (QED) is 0.608. The van der Waals surface area contributed by atoms with Crippen molar-refractivity contribution in [3.63, 3.8) is 0 Å². The number of amides is 1. The fourth-order valence-electron chi connectivity index (χ4n) is 1.11. The summed E-state index contributed by atoms with van der Waals surface area (Å²) in [7, 11) is 0. The van der Waals surface area contributed by atoms with Gasteiger partial charge in [-0.25, -0.2) is 4.98 Å². The first-order valence-electron chi connectivity index (χ1n) is 5.44. The van der Waals surface area contributed by atoms with E-state index in [0.29, 0.717) is 0 Å². The lowest BCUT2D eigenvalue weighted by Gasteiger charge is -2.10. The van der Waals surface area contributed by atoms with Crippen molar-refractivity contribution in [3.8, 4) is 0 Å². The predicted octanol–water partition coefficient (Wildman–Crippen LogP) is 1.87. The van der Waals surface area contributed by atoms with E-state index in [0.717, 1.165) is 24.4 Å². The van der Waals surface area contributed by atoms with E-state index in [2.05, 4.69) is 22.2 Å². The number of aromatic nitrogens is 2. The highest BCUT2D eigenvalue weighted by Crippen LogP contribution is 2.19. The summed E-state index contributed by atoms with van der Waals surface area (Å²) < 4.78 is 0. The van der Waals surface area contributed by atoms with E-state index in [1.165, 1.54) is 11.8 Å². The zero-order chi connectivity index (χ0) is 11.8. The number of thioether (sulfide) groups is 1. The molecule has 0 aromatic carbocycles. The molecular weight excluding hydrogens is 222 g/mol. The molecule has 0 aliphatic heterocycles. The molecule has 4 nitrogen and oxygen atoms in total. The Morgan fingerprint density at radius 3 is 3.00 bits per heavy atom. The number of carbonyl (C=O) groups excluding carboxylic acids is 1. The van der Waals surface area contributed by atoms with E-state index in [1.807, 2.05) is 6.92 Å². The second-order valence-corrected chi connectivity index (χ2v) is 4.81. The van der Waals surface area contributed by atoms with Gasteiger partial charge in [-0.05, 0) is 13.3 Å². The van der Waals surface area contributed by atoms with Crippen LogP contribution in [0, 0.1) is 0 Å². The first-order chi connectivity index (χ1) is 7.74. The second kappa shape index (κ2) is 7.22. The Balaban J connectivity index is 2.34. The van der Waals surface area contributed by atoms with Crippen LogP contribution < -0.4 is 5.32 Å². The number of rotatable bonds is 6. The van der Waals surface area contributed by atoms with Gasteiger partial charge in [-0.1, -0.05) is 25.1 Å². The monoisotopic (exact) mass is 239 g/mol. The van der Waals surface area contributed by atoms with E-state index in [9.17, 15) is 4.79 Å². The largest absolute Gasteiger partial charge is 0.355 e. The summed E-state index contributed by atoms with van der Waals surface area (Å²) in [6.45, 7) is 4.73. The van der Waals surface area contributed by atoms with E-state index < -0.39 is 0 Å². The SMILES string of the molecule is CCCCNC(=O)[C@H](C)Sc1cnccn1. The Morgan fingerprint density at radius 2 is 2.38 bits per heavy atom. The van der Waals surface area contributed by atoms with Crippen LogP contribution in [0.25, 0.3) is 0 Å². The Kier molecular flexibility index (Phi) is 5.85. The summed E-state index contributed by atoms with van der Waals surface area (Å²) in [6, 6.07) is 0. The lowest BCUT2D eigenvalue weighted by molar-refractivity contribution is -0.120. The maximum atomic E-state index is 11.6. The van der Waals surface area contributed by atoms with Gasteiger partial charge < -0.3 is 5.32 Å². The molecular formula is C11H17N3OS. The van der Waals surface area contributed by atoms with Crippen LogP contribution in [0.5, 0.6) is 0 Å². The third-order valence-electron chi connectivity index (χ3n) is 2.04. The number of nitrogens with zero attached hydrogens (tertiary/aromatic N) is 2. The molecule has 1 N–H and O–H groups in total. The van der Waals surface area contributed by atoms with Crippen molar-refractivity contribution in [3.05, 3.63) is 18.6 Å². The number of carbonyl (C=O) groups is 1. The molecule has 1 heterocycles. The van der Waals surface area contributed by atoms with Crippen LogP contribution in [0.1, 0.15) is 26.7 Å².